The van der Waals surface area contributed by atoms with Gasteiger partial charge >= 0.3 is 0 Å². The molecule has 1 aromatic carbocycles. The van der Waals surface area contributed by atoms with Crippen molar-refractivity contribution in [2.45, 2.75) is 20.3 Å². The van der Waals surface area contributed by atoms with Crippen LogP contribution in [-0.4, -0.2) is 0 Å². The van der Waals surface area contributed by atoms with Crippen LogP contribution in [0.15, 0.2) is 103 Å². The lowest BCUT2D eigenvalue weighted by atomic mass is 9.86. The van der Waals surface area contributed by atoms with Gasteiger partial charge < -0.3 is 0 Å². The van der Waals surface area contributed by atoms with Crippen LogP contribution in [0, 0.1) is 5.92 Å². The van der Waals surface area contributed by atoms with Crippen LogP contribution in [0.5, 0.6) is 0 Å². The smallest absolute Gasteiger partial charge is 0.0141 e. The first kappa shape index (κ1) is 17.7. The molecule has 0 spiro atoms. The maximum absolute atomic E-state index is 4.24. The molecule has 1 unspecified atom stereocenters. The molecule has 0 heterocycles. The Labute approximate surface area is 135 Å². The number of hydrogen-bond acceptors (Lipinski definition) is 0. The predicted octanol–water partition coefficient (Wildman–Crippen LogP) is 6.22. The highest BCUT2D eigenvalue weighted by Crippen LogP contribution is 2.45. The molecule has 114 valence electrons. The molecule has 0 amide bonds. The Morgan fingerprint density at radius 2 is 1.77 bits per heavy atom. The quantitative estimate of drug-likeness (QED) is 0.577. The lowest BCUT2D eigenvalue weighted by Crippen LogP contribution is -2.07. The standard InChI is InChI=1S/C20H22.C2H4/c1-6-17-15(5)18(7-2)20(14(3)4)19(17)13-16-11-9-8-10-12-16;1-2/h6-12,19H,2-3,5,13H2,1,4H3;1-2H2/b17-6+;. The summed E-state index contributed by atoms with van der Waals surface area (Å²) in [6.07, 6.45) is 5.08. The van der Waals surface area contributed by atoms with Crippen molar-refractivity contribution in [3.8, 4) is 0 Å². The molecular weight excluding hydrogens is 264 g/mol. The second kappa shape index (κ2) is 8.19. The van der Waals surface area contributed by atoms with Crippen molar-refractivity contribution in [2.75, 3.05) is 0 Å². The molecule has 1 aromatic rings. The van der Waals surface area contributed by atoms with Crippen LogP contribution in [0.3, 0.4) is 0 Å². The fourth-order valence-corrected chi connectivity index (χ4v) is 3.07. The molecule has 1 aliphatic carbocycles. The van der Waals surface area contributed by atoms with E-state index in [9.17, 15) is 0 Å². The van der Waals surface area contributed by atoms with Crippen LogP contribution in [0.4, 0.5) is 0 Å². The van der Waals surface area contributed by atoms with Crippen LogP contribution in [0.25, 0.3) is 0 Å². The van der Waals surface area contributed by atoms with Gasteiger partial charge in [0.05, 0.1) is 0 Å². The monoisotopic (exact) mass is 290 g/mol. The van der Waals surface area contributed by atoms with Crippen LogP contribution < -0.4 is 0 Å². The van der Waals surface area contributed by atoms with E-state index in [0.717, 1.165) is 23.1 Å². The highest BCUT2D eigenvalue weighted by molar-refractivity contribution is 5.65. The summed E-state index contributed by atoms with van der Waals surface area (Å²) in [6, 6.07) is 10.6. The Morgan fingerprint density at radius 1 is 1.18 bits per heavy atom. The van der Waals surface area contributed by atoms with Crippen LogP contribution in [-0.2, 0) is 6.42 Å². The van der Waals surface area contributed by atoms with E-state index in [1.807, 2.05) is 6.08 Å². The number of rotatable bonds is 4. The highest BCUT2D eigenvalue weighted by atomic mass is 14.3. The van der Waals surface area contributed by atoms with E-state index in [2.05, 4.69) is 83.2 Å². The van der Waals surface area contributed by atoms with E-state index >= 15 is 0 Å². The zero-order valence-electron chi connectivity index (χ0n) is 13.9. The molecule has 0 aliphatic heterocycles. The van der Waals surface area contributed by atoms with Gasteiger partial charge in [-0.15, -0.1) is 13.2 Å². The second-order valence-corrected chi connectivity index (χ2v) is 5.28. The Balaban J connectivity index is 0.00000116. The van der Waals surface area contributed by atoms with E-state index in [4.69, 9.17) is 0 Å². The fourth-order valence-electron chi connectivity index (χ4n) is 3.07. The van der Waals surface area contributed by atoms with Crippen LogP contribution >= 0.6 is 0 Å². The van der Waals surface area contributed by atoms with E-state index < -0.39 is 0 Å². The minimum atomic E-state index is 0.348. The third-order valence-corrected chi connectivity index (χ3v) is 3.95. The third-order valence-electron chi connectivity index (χ3n) is 3.95. The molecular formula is C22H26. The summed E-state index contributed by atoms with van der Waals surface area (Å²) in [5.41, 5.74) is 7.31. The lowest BCUT2D eigenvalue weighted by Gasteiger charge is -2.17. The van der Waals surface area contributed by atoms with Crippen LogP contribution in [0.1, 0.15) is 19.4 Å². The average Bonchev–Trinajstić information content (AvgIpc) is 2.81. The summed E-state index contributed by atoms with van der Waals surface area (Å²) in [7, 11) is 0. The normalized spacial score (nSPS) is 18.9. The molecule has 0 heteroatoms. The van der Waals surface area contributed by atoms with Gasteiger partial charge in [0.15, 0.2) is 0 Å². The van der Waals surface area contributed by atoms with Gasteiger partial charge in [-0.2, -0.15) is 0 Å². The first-order valence-electron chi connectivity index (χ1n) is 7.52. The predicted molar refractivity (Wildman–Crippen MR) is 99.8 cm³/mol. The summed E-state index contributed by atoms with van der Waals surface area (Å²) in [6.45, 7) is 22.5. The van der Waals surface area contributed by atoms with Gasteiger partial charge in [0.25, 0.3) is 0 Å². The topological polar surface area (TPSA) is 0 Å². The molecule has 0 aromatic heterocycles. The number of allylic oxidation sites excluding steroid dienone is 7. The first-order valence-corrected chi connectivity index (χ1v) is 7.52. The van der Waals surface area contributed by atoms with E-state index in [-0.39, 0.29) is 0 Å². The Hall–Kier alpha value is -2.34. The average molecular weight is 290 g/mol. The van der Waals surface area contributed by atoms with Gasteiger partial charge in [0, 0.05) is 5.92 Å². The van der Waals surface area contributed by atoms with Crippen molar-refractivity contribution in [1.82, 2.24) is 0 Å². The van der Waals surface area contributed by atoms with Crippen LogP contribution in [0.2, 0.25) is 0 Å². The second-order valence-electron chi connectivity index (χ2n) is 5.28. The number of benzene rings is 1. The molecule has 0 fully saturated rings. The Morgan fingerprint density at radius 3 is 2.23 bits per heavy atom. The van der Waals surface area contributed by atoms with Crippen molar-refractivity contribution in [3.05, 3.63) is 109 Å². The summed E-state index contributed by atoms with van der Waals surface area (Å²) >= 11 is 0. The molecule has 2 rings (SSSR count). The van der Waals surface area contributed by atoms with E-state index in [0.29, 0.717) is 5.92 Å². The van der Waals surface area contributed by atoms with Crippen molar-refractivity contribution in [1.29, 1.82) is 0 Å². The molecule has 1 atom stereocenters. The molecule has 1 aliphatic rings. The molecule has 0 saturated carbocycles. The molecule has 0 nitrogen and oxygen atoms in total. The first-order chi connectivity index (χ1) is 10.6. The molecule has 0 radical (unpaired) electrons. The van der Waals surface area contributed by atoms with Gasteiger partial charge in [0.1, 0.15) is 0 Å². The van der Waals surface area contributed by atoms with Gasteiger partial charge in [0.2, 0.25) is 0 Å². The van der Waals surface area contributed by atoms with Gasteiger partial charge in [-0.1, -0.05) is 67.8 Å². The van der Waals surface area contributed by atoms with Gasteiger partial charge in [-0.3, -0.25) is 0 Å². The molecule has 0 saturated heterocycles. The van der Waals surface area contributed by atoms with Crippen molar-refractivity contribution < 1.29 is 0 Å². The minimum Gasteiger partial charge on any atom is -0.106 e. The maximum atomic E-state index is 4.24. The van der Waals surface area contributed by atoms with Gasteiger partial charge in [-0.05, 0) is 48.1 Å². The summed E-state index contributed by atoms with van der Waals surface area (Å²) < 4.78 is 0. The van der Waals surface area contributed by atoms with Crippen molar-refractivity contribution >= 4 is 0 Å². The zero-order chi connectivity index (χ0) is 16.7. The fraction of sp³-hybridized carbons (Fsp3) is 0.182. The Kier molecular flexibility index (Phi) is 6.59. The van der Waals surface area contributed by atoms with Crippen molar-refractivity contribution in [2.24, 2.45) is 5.92 Å². The zero-order valence-corrected chi connectivity index (χ0v) is 13.9. The summed E-state index contributed by atoms with van der Waals surface area (Å²) in [4.78, 5) is 0. The summed E-state index contributed by atoms with van der Waals surface area (Å²) in [5.74, 6) is 0.348. The minimum absolute atomic E-state index is 0.348. The molecule has 0 N–H and O–H groups in total. The SMILES string of the molecule is C=C.C=CC1=C(C(=C)C)C(Cc2ccccc2)/C(=C/C)C1=C. The third kappa shape index (κ3) is 3.46. The number of hydrogen-bond donors (Lipinski definition) is 0. The van der Waals surface area contributed by atoms with Crippen molar-refractivity contribution in [3.63, 3.8) is 0 Å². The highest BCUT2D eigenvalue weighted by Gasteiger charge is 2.31. The van der Waals surface area contributed by atoms with E-state index in [1.54, 1.807) is 0 Å². The molecule has 22 heavy (non-hydrogen) atoms. The maximum Gasteiger partial charge on any atom is 0.0141 e. The van der Waals surface area contributed by atoms with Gasteiger partial charge in [-0.25, -0.2) is 0 Å². The molecule has 0 bridgehead atoms. The lowest BCUT2D eigenvalue weighted by molar-refractivity contribution is 0.744. The van der Waals surface area contributed by atoms with E-state index in [1.165, 1.54) is 16.7 Å². The largest absolute Gasteiger partial charge is 0.106 e. The summed E-state index contributed by atoms with van der Waals surface area (Å²) in [5, 5.41) is 0. The Bertz CT molecular complexity index is 623.